The van der Waals surface area contributed by atoms with Crippen LogP contribution in [0.25, 0.3) is 10.2 Å². The van der Waals surface area contributed by atoms with E-state index in [0.29, 0.717) is 0 Å². The number of piperazine rings is 1. The first-order valence-corrected chi connectivity index (χ1v) is 15.0. The molecule has 1 fully saturated rings. The molecule has 0 saturated carbocycles. The highest BCUT2D eigenvalue weighted by Gasteiger charge is 2.30. The van der Waals surface area contributed by atoms with Crippen LogP contribution in [0, 0.1) is 0 Å². The third kappa shape index (κ3) is 5.06. The summed E-state index contributed by atoms with van der Waals surface area (Å²) in [6.45, 7) is 5.18. The molecular weight excluding hydrogens is 488 g/mol. The monoisotopic (exact) mass is 524 g/mol. The molecule has 4 aromatic rings. The summed E-state index contributed by atoms with van der Waals surface area (Å²) in [4.78, 5) is 31.0. The van der Waals surface area contributed by atoms with Gasteiger partial charge in [0.2, 0.25) is 5.91 Å². The fourth-order valence-corrected chi connectivity index (χ4v) is 7.32. The molecule has 3 heterocycles. The van der Waals surface area contributed by atoms with Gasteiger partial charge in [-0.15, -0.1) is 11.3 Å². The Bertz CT molecular complexity index is 1390. The molecular formula is C32H36N4OS. The Balaban J connectivity index is 1.29. The number of benzene rings is 2. The number of nitrogens with zero attached hydrogens (tertiary/aromatic N) is 4. The van der Waals surface area contributed by atoms with Crippen molar-refractivity contribution in [1.29, 1.82) is 0 Å². The quantitative estimate of drug-likeness (QED) is 0.274. The second-order valence-electron chi connectivity index (χ2n) is 10.6. The van der Waals surface area contributed by atoms with Gasteiger partial charge in [0.25, 0.3) is 0 Å². The number of thiophene rings is 1. The fourth-order valence-electron chi connectivity index (χ4n) is 6.04. The van der Waals surface area contributed by atoms with Crippen molar-refractivity contribution < 1.29 is 4.79 Å². The van der Waals surface area contributed by atoms with E-state index in [1.807, 2.05) is 29.5 Å². The standard InChI is InChI=1S/C32H36N4OS/c1-2-25(24-14-8-4-9-15-24)32(37)36-20-18-35(19-21-36)30-29-26-16-10-5-11-17-27(26)38-31(29)34-28(33-30)22-23-12-6-3-7-13-23/h3-4,6-9,12-15,25H,2,5,10-11,16-22H2,1H3/t25-/m0/s1. The maximum Gasteiger partial charge on any atom is 0.230 e. The van der Waals surface area contributed by atoms with Gasteiger partial charge in [-0.3, -0.25) is 4.79 Å². The van der Waals surface area contributed by atoms with E-state index >= 15 is 0 Å². The molecule has 1 amide bonds. The summed E-state index contributed by atoms with van der Waals surface area (Å²) in [7, 11) is 0. The molecule has 2 aromatic carbocycles. The third-order valence-electron chi connectivity index (χ3n) is 8.10. The van der Waals surface area contributed by atoms with Gasteiger partial charge in [0, 0.05) is 37.5 Å². The molecule has 196 valence electrons. The number of hydrogen-bond donors (Lipinski definition) is 0. The van der Waals surface area contributed by atoms with Crippen LogP contribution >= 0.6 is 11.3 Å². The second-order valence-corrected chi connectivity index (χ2v) is 11.6. The highest BCUT2D eigenvalue weighted by atomic mass is 32.1. The number of carbonyl (C=O) groups is 1. The van der Waals surface area contributed by atoms with Gasteiger partial charge in [0.05, 0.1) is 11.3 Å². The van der Waals surface area contributed by atoms with Crippen LogP contribution in [0.2, 0.25) is 0 Å². The van der Waals surface area contributed by atoms with E-state index in [4.69, 9.17) is 9.97 Å². The maximum atomic E-state index is 13.5. The van der Waals surface area contributed by atoms with Gasteiger partial charge in [-0.05, 0) is 48.8 Å². The largest absolute Gasteiger partial charge is 0.352 e. The number of aryl methyl sites for hydroxylation is 2. The van der Waals surface area contributed by atoms with Crippen LogP contribution in [0.4, 0.5) is 5.82 Å². The second kappa shape index (κ2) is 11.2. The summed E-state index contributed by atoms with van der Waals surface area (Å²) in [5.74, 6) is 2.16. The zero-order chi connectivity index (χ0) is 25.9. The van der Waals surface area contributed by atoms with E-state index in [1.165, 1.54) is 40.7 Å². The number of carbonyl (C=O) groups excluding carboxylic acids is 1. The lowest BCUT2D eigenvalue weighted by Gasteiger charge is -2.37. The molecule has 6 heteroatoms. The minimum Gasteiger partial charge on any atom is -0.352 e. The fraction of sp³-hybridized carbons (Fsp3) is 0.406. The number of fused-ring (bicyclic) bond motifs is 3. The molecule has 6 rings (SSSR count). The summed E-state index contributed by atoms with van der Waals surface area (Å²) >= 11 is 1.88. The van der Waals surface area contributed by atoms with E-state index in [9.17, 15) is 4.79 Å². The Hall–Kier alpha value is -3.25. The first-order valence-electron chi connectivity index (χ1n) is 14.1. The lowest BCUT2D eigenvalue weighted by atomic mass is 9.95. The predicted octanol–water partition coefficient (Wildman–Crippen LogP) is 6.39. The summed E-state index contributed by atoms with van der Waals surface area (Å²) in [5.41, 5.74) is 3.83. The highest BCUT2D eigenvalue weighted by Crippen LogP contribution is 2.39. The minimum absolute atomic E-state index is 0.0707. The molecule has 0 unspecified atom stereocenters. The van der Waals surface area contributed by atoms with Gasteiger partial charge in [-0.25, -0.2) is 9.97 Å². The lowest BCUT2D eigenvalue weighted by molar-refractivity contribution is -0.133. The molecule has 5 nitrogen and oxygen atoms in total. The molecule has 2 aliphatic rings. The molecule has 2 aromatic heterocycles. The Morgan fingerprint density at radius 3 is 2.34 bits per heavy atom. The van der Waals surface area contributed by atoms with Crippen molar-refractivity contribution in [1.82, 2.24) is 14.9 Å². The van der Waals surface area contributed by atoms with Crippen molar-refractivity contribution in [3.8, 4) is 0 Å². The van der Waals surface area contributed by atoms with E-state index < -0.39 is 0 Å². The maximum absolute atomic E-state index is 13.5. The number of hydrogen-bond acceptors (Lipinski definition) is 5. The topological polar surface area (TPSA) is 49.3 Å². The molecule has 1 saturated heterocycles. The molecule has 38 heavy (non-hydrogen) atoms. The Kier molecular flexibility index (Phi) is 7.41. The molecule has 1 aliphatic carbocycles. The molecule has 0 N–H and O–H groups in total. The Morgan fingerprint density at radius 2 is 1.61 bits per heavy atom. The van der Waals surface area contributed by atoms with Crippen molar-refractivity contribution >= 4 is 33.3 Å². The molecule has 1 aliphatic heterocycles. The van der Waals surface area contributed by atoms with Gasteiger partial charge in [-0.2, -0.15) is 0 Å². The predicted molar refractivity (Wildman–Crippen MR) is 156 cm³/mol. The summed E-state index contributed by atoms with van der Waals surface area (Å²) in [6.07, 6.45) is 7.64. The zero-order valence-corrected chi connectivity index (χ0v) is 23.1. The van der Waals surface area contributed by atoms with Crippen LogP contribution in [0.1, 0.15) is 65.9 Å². The normalized spacial score (nSPS) is 16.8. The van der Waals surface area contributed by atoms with Crippen molar-refractivity contribution in [2.45, 2.75) is 57.8 Å². The van der Waals surface area contributed by atoms with E-state index in [2.05, 4.69) is 59.2 Å². The first-order chi connectivity index (χ1) is 18.7. The van der Waals surface area contributed by atoms with Crippen LogP contribution < -0.4 is 4.90 Å². The van der Waals surface area contributed by atoms with Crippen molar-refractivity contribution in [2.24, 2.45) is 0 Å². The Morgan fingerprint density at radius 1 is 0.895 bits per heavy atom. The first kappa shape index (κ1) is 25.1. The van der Waals surface area contributed by atoms with Crippen molar-refractivity contribution in [2.75, 3.05) is 31.1 Å². The molecule has 0 bridgehead atoms. The van der Waals surface area contributed by atoms with Crippen molar-refractivity contribution in [3.63, 3.8) is 0 Å². The smallest absolute Gasteiger partial charge is 0.230 e. The number of anilines is 1. The van der Waals surface area contributed by atoms with Gasteiger partial charge in [0.1, 0.15) is 16.5 Å². The molecule has 0 spiro atoms. The van der Waals surface area contributed by atoms with Crippen molar-refractivity contribution in [3.05, 3.63) is 88.1 Å². The molecule has 0 radical (unpaired) electrons. The van der Waals surface area contributed by atoms with E-state index in [-0.39, 0.29) is 11.8 Å². The lowest BCUT2D eigenvalue weighted by Crippen LogP contribution is -2.50. The van der Waals surface area contributed by atoms with Crippen LogP contribution in [-0.2, 0) is 24.1 Å². The van der Waals surface area contributed by atoms with Gasteiger partial charge in [-0.1, -0.05) is 74.0 Å². The highest BCUT2D eigenvalue weighted by molar-refractivity contribution is 7.19. The summed E-state index contributed by atoms with van der Waals surface area (Å²) < 4.78 is 0. The SMILES string of the molecule is CC[C@H](C(=O)N1CCN(c2nc(Cc3ccccc3)nc3sc4c(c23)CCCCC4)CC1)c1ccccc1. The van der Waals surface area contributed by atoms with E-state index in [0.717, 1.165) is 73.9 Å². The minimum atomic E-state index is -0.0707. The number of aromatic nitrogens is 2. The summed E-state index contributed by atoms with van der Waals surface area (Å²) in [5, 5.41) is 1.28. The molecule has 1 atom stereocenters. The van der Waals surface area contributed by atoms with Crippen LogP contribution in [0.3, 0.4) is 0 Å². The third-order valence-corrected chi connectivity index (χ3v) is 9.28. The van der Waals surface area contributed by atoms with Gasteiger partial charge >= 0.3 is 0 Å². The van der Waals surface area contributed by atoms with Crippen LogP contribution in [0.15, 0.2) is 60.7 Å². The average molecular weight is 525 g/mol. The van der Waals surface area contributed by atoms with Gasteiger partial charge in [0.15, 0.2) is 0 Å². The zero-order valence-electron chi connectivity index (χ0n) is 22.2. The van der Waals surface area contributed by atoms with Crippen LogP contribution in [-0.4, -0.2) is 47.0 Å². The Labute approximate surface area is 229 Å². The number of amides is 1. The van der Waals surface area contributed by atoms with Gasteiger partial charge < -0.3 is 9.80 Å². The number of rotatable bonds is 6. The van der Waals surface area contributed by atoms with Crippen LogP contribution in [0.5, 0.6) is 0 Å². The average Bonchev–Trinajstić information content (AvgIpc) is 3.14. The summed E-state index contributed by atoms with van der Waals surface area (Å²) in [6, 6.07) is 20.7. The van der Waals surface area contributed by atoms with E-state index in [1.54, 1.807) is 0 Å².